The van der Waals surface area contributed by atoms with Crippen molar-refractivity contribution in [2.24, 2.45) is 0 Å². The van der Waals surface area contributed by atoms with Gasteiger partial charge in [0.25, 0.3) is 0 Å². The van der Waals surface area contributed by atoms with Crippen molar-refractivity contribution < 1.29 is 14.7 Å². The van der Waals surface area contributed by atoms with Crippen LogP contribution < -0.4 is 15.5 Å². The van der Waals surface area contributed by atoms with Gasteiger partial charge in [0, 0.05) is 24.5 Å². The molecule has 0 bridgehead atoms. The fourth-order valence-corrected chi connectivity index (χ4v) is 5.19. The van der Waals surface area contributed by atoms with Gasteiger partial charge in [-0.05, 0) is 68.7 Å². The third kappa shape index (κ3) is 6.96. The highest BCUT2D eigenvalue weighted by Crippen LogP contribution is 2.25. The summed E-state index contributed by atoms with van der Waals surface area (Å²) in [5, 5.41) is 15.9. The molecule has 0 saturated carbocycles. The highest BCUT2D eigenvalue weighted by Gasteiger charge is 2.33. The van der Waals surface area contributed by atoms with E-state index in [1.54, 1.807) is 0 Å². The number of aliphatic carboxylic acids is 1. The molecule has 7 heteroatoms. The second kappa shape index (κ2) is 12.6. The fraction of sp³-hybridized carbons (Fsp3) is 0.536. The Morgan fingerprint density at radius 2 is 1.86 bits per heavy atom. The van der Waals surface area contributed by atoms with Gasteiger partial charge >= 0.3 is 5.97 Å². The number of rotatable bonds is 12. The van der Waals surface area contributed by atoms with E-state index in [2.05, 4.69) is 27.7 Å². The zero-order valence-electron chi connectivity index (χ0n) is 20.5. The Hall–Kier alpha value is -3.09. The van der Waals surface area contributed by atoms with Crippen LogP contribution in [0.25, 0.3) is 0 Å². The van der Waals surface area contributed by atoms with Crippen molar-refractivity contribution in [3.8, 4) is 0 Å². The molecule has 7 nitrogen and oxygen atoms in total. The van der Waals surface area contributed by atoms with Crippen LogP contribution in [-0.2, 0) is 22.4 Å². The highest BCUT2D eigenvalue weighted by molar-refractivity contribution is 5.89. The maximum absolute atomic E-state index is 12.9. The molecule has 3 heterocycles. The van der Waals surface area contributed by atoms with Crippen LogP contribution in [0.5, 0.6) is 0 Å². The second-order valence-electron chi connectivity index (χ2n) is 9.73. The Kier molecular flexibility index (Phi) is 8.98. The number of carbonyl (C=O) groups is 2. The molecule has 2 aliphatic heterocycles. The third-order valence-electron chi connectivity index (χ3n) is 7.14. The molecule has 1 amide bonds. The molecule has 2 atom stereocenters. The molecular formula is C28H38N4O3. The molecule has 1 fully saturated rings. The van der Waals surface area contributed by atoms with E-state index in [1.807, 2.05) is 30.3 Å². The van der Waals surface area contributed by atoms with Gasteiger partial charge in [0.1, 0.15) is 17.9 Å². The zero-order valence-corrected chi connectivity index (χ0v) is 20.5. The summed E-state index contributed by atoms with van der Waals surface area (Å²) in [5.74, 6) is -0.0690. The number of anilines is 2. The number of nitrogens with one attached hydrogen (secondary N) is 2. The number of hydrogen-bond donors (Lipinski definition) is 3. The lowest BCUT2D eigenvalue weighted by atomic mass is 10.0. The first-order valence-corrected chi connectivity index (χ1v) is 13.2. The third-order valence-corrected chi connectivity index (χ3v) is 7.14. The highest BCUT2D eigenvalue weighted by atomic mass is 16.4. The number of amides is 1. The van der Waals surface area contributed by atoms with E-state index < -0.39 is 12.0 Å². The number of carboxylic acid groups (broad SMARTS) is 1. The number of nitrogens with zero attached hydrogens (tertiary/aromatic N) is 2. The summed E-state index contributed by atoms with van der Waals surface area (Å²) in [6, 6.07) is 13.1. The number of carbonyl (C=O) groups excluding carboxylic acids is 1. The van der Waals surface area contributed by atoms with E-state index >= 15 is 0 Å². The predicted octanol–water partition coefficient (Wildman–Crippen LogP) is 4.56. The number of aromatic nitrogens is 1. The fourth-order valence-electron chi connectivity index (χ4n) is 5.19. The van der Waals surface area contributed by atoms with Gasteiger partial charge in [-0.3, -0.25) is 4.79 Å². The van der Waals surface area contributed by atoms with E-state index in [0.717, 1.165) is 88.1 Å². The van der Waals surface area contributed by atoms with Gasteiger partial charge in [-0.2, -0.15) is 0 Å². The van der Waals surface area contributed by atoms with Crippen LogP contribution in [-0.4, -0.2) is 47.1 Å². The first-order valence-electron chi connectivity index (χ1n) is 13.2. The quantitative estimate of drug-likeness (QED) is 0.387. The smallest absolute Gasteiger partial charge is 0.326 e. The van der Waals surface area contributed by atoms with E-state index in [0.29, 0.717) is 6.42 Å². The van der Waals surface area contributed by atoms with E-state index in [9.17, 15) is 14.7 Å². The van der Waals surface area contributed by atoms with Crippen LogP contribution in [0.15, 0.2) is 42.5 Å². The molecule has 0 spiro atoms. The topological polar surface area (TPSA) is 94.6 Å². The van der Waals surface area contributed by atoms with Crippen molar-refractivity contribution in [1.82, 2.24) is 10.3 Å². The van der Waals surface area contributed by atoms with Crippen LogP contribution in [0.4, 0.5) is 11.5 Å². The minimum absolute atomic E-state index is 0.175. The van der Waals surface area contributed by atoms with Crippen molar-refractivity contribution in [3.05, 3.63) is 53.7 Å². The minimum Gasteiger partial charge on any atom is -0.480 e. The lowest BCUT2D eigenvalue weighted by Gasteiger charge is -2.27. The van der Waals surface area contributed by atoms with Crippen LogP contribution in [0.3, 0.4) is 0 Å². The minimum atomic E-state index is -0.949. The number of pyridine rings is 1. The molecule has 0 aliphatic carbocycles. The summed E-state index contributed by atoms with van der Waals surface area (Å²) in [6.45, 7) is 1.82. The molecule has 1 aromatic carbocycles. The Morgan fingerprint density at radius 3 is 2.69 bits per heavy atom. The first kappa shape index (κ1) is 25.0. The predicted molar refractivity (Wildman–Crippen MR) is 139 cm³/mol. The molecule has 0 radical (unpaired) electrons. The van der Waals surface area contributed by atoms with Gasteiger partial charge in [0.15, 0.2) is 0 Å². The summed E-state index contributed by atoms with van der Waals surface area (Å²) in [5.41, 5.74) is 3.47. The number of benzene rings is 1. The SMILES string of the molecule is O=C(O)[C@H](CCCCCCCc1ccc2c(n1)NCCC2)NC(=O)[C@@H]1CCCN1c1ccccc1. The van der Waals surface area contributed by atoms with E-state index in [1.165, 1.54) is 12.0 Å². The zero-order chi connectivity index (χ0) is 24.5. The number of aryl methyl sites for hydroxylation is 2. The Labute approximate surface area is 208 Å². The number of para-hydroxylation sites is 1. The van der Waals surface area contributed by atoms with Gasteiger partial charge < -0.3 is 20.6 Å². The maximum atomic E-state index is 12.9. The average Bonchev–Trinajstić information content (AvgIpc) is 3.38. The van der Waals surface area contributed by atoms with Gasteiger partial charge in [0.05, 0.1) is 0 Å². The molecule has 35 heavy (non-hydrogen) atoms. The van der Waals surface area contributed by atoms with E-state index in [4.69, 9.17) is 4.98 Å². The van der Waals surface area contributed by atoms with Gasteiger partial charge in [-0.1, -0.05) is 49.9 Å². The average molecular weight is 479 g/mol. The summed E-state index contributed by atoms with van der Waals surface area (Å²) in [4.78, 5) is 31.5. The van der Waals surface area contributed by atoms with Crippen molar-refractivity contribution >= 4 is 23.4 Å². The second-order valence-corrected chi connectivity index (χ2v) is 9.73. The maximum Gasteiger partial charge on any atom is 0.326 e. The molecule has 1 aromatic heterocycles. The van der Waals surface area contributed by atoms with Crippen LogP contribution in [0.1, 0.15) is 69.0 Å². The summed E-state index contributed by atoms with van der Waals surface area (Å²) in [7, 11) is 0. The summed E-state index contributed by atoms with van der Waals surface area (Å²) in [6.07, 6.45) is 10.4. The molecule has 188 valence electrons. The molecule has 0 unspecified atom stereocenters. The van der Waals surface area contributed by atoms with Crippen molar-refractivity contribution in [2.75, 3.05) is 23.3 Å². The standard InChI is InChI=1S/C28H38N4O3/c33-27(25-16-10-20-32(25)23-13-6-4-7-14-23)31-24(28(34)35)15-8-3-1-2-5-12-22-18-17-21-11-9-19-29-26(21)30-22/h4,6-7,13-14,17-18,24-25H,1-3,5,8-12,15-16,19-20H2,(H,29,30)(H,31,33)(H,34,35)/t24-,25-/m0/s1. The lowest BCUT2D eigenvalue weighted by molar-refractivity contribution is -0.142. The summed E-state index contributed by atoms with van der Waals surface area (Å²) < 4.78 is 0. The van der Waals surface area contributed by atoms with Crippen molar-refractivity contribution in [2.45, 2.75) is 82.7 Å². The largest absolute Gasteiger partial charge is 0.480 e. The molecule has 3 N–H and O–H groups in total. The molecule has 2 aromatic rings. The molecule has 1 saturated heterocycles. The van der Waals surface area contributed by atoms with Gasteiger partial charge in [0.2, 0.25) is 5.91 Å². The van der Waals surface area contributed by atoms with E-state index in [-0.39, 0.29) is 11.9 Å². The normalized spacial score (nSPS) is 17.9. The molecule has 4 rings (SSSR count). The van der Waals surface area contributed by atoms with Crippen molar-refractivity contribution in [1.29, 1.82) is 0 Å². The number of fused-ring (bicyclic) bond motifs is 1. The molecule has 2 aliphatic rings. The first-order chi connectivity index (χ1) is 17.1. The van der Waals surface area contributed by atoms with Crippen LogP contribution in [0, 0.1) is 0 Å². The number of carboxylic acids is 1. The lowest BCUT2D eigenvalue weighted by Crippen LogP contribution is -2.49. The Bertz CT molecular complexity index is 981. The molecular weight excluding hydrogens is 440 g/mol. The summed E-state index contributed by atoms with van der Waals surface area (Å²) >= 11 is 0. The monoisotopic (exact) mass is 478 g/mol. The van der Waals surface area contributed by atoms with Crippen molar-refractivity contribution in [3.63, 3.8) is 0 Å². The number of unbranched alkanes of at least 4 members (excludes halogenated alkanes) is 4. The van der Waals surface area contributed by atoms with Gasteiger partial charge in [-0.15, -0.1) is 0 Å². The number of hydrogen-bond acceptors (Lipinski definition) is 5. The van der Waals surface area contributed by atoms with Gasteiger partial charge in [-0.25, -0.2) is 9.78 Å². The van der Waals surface area contributed by atoms with Crippen LogP contribution in [0.2, 0.25) is 0 Å². The Morgan fingerprint density at radius 1 is 1.06 bits per heavy atom. The Balaban J connectivity index is 1.15. The van der Waals surface area contributed by atoms with Crippen LogP contribution >= 0.6 is 0 Å².